The van der Waals surface area contributed by atoms with E-state index in [1.807, 2.05) is 27.2 Å². The zero-order chi connectivity index (χ0) is 47.8. The molecule has 0 aromatic carbocycles. The van der Waals surface area contributed by atoms with Crippen LogP contribution in [0.2, 0.25) is 0 Å². The molecule has 388 valence electrons. The van der Waals surface area contributed by atoms with Crippen LogP contribution >= 0.6 is 7.82 Å². The molecule has 65 heavy (non-hydrogen) atoms. The van der Waals surface area contributed by atoms with Crippen LogP contribution in [0.5, 0.6) is 0 Å². The largest absolute Gasteiger partial charge is 0.756 e. The number of aliphatic hydroxyl groups is 1. The van der Waals surface area contributed by atoms with Crippen LogP contribution in [0.25, 0.3) is 0 Å². The van der Waals surface area contributed by atoms with Gasteiger partial charge >= 0.3 is 0 Å². The van der Waals surface area contributed by atoms with Crippen molar-refractivity contribution in [1.29, 1.82) is 0 Å². The predicted octanol–water partition coefficient (Wildman–Crippen LogP) is 16.4. The van der Waals surface area contributed by atoms with E-state index >= 15 is 0 Å². The van der Waals surface area contributed by atoms with Gasteiger partial charge in [0, 0.05) is 6.42 Å². The number of aliphatic hydroxyl groups excluding tert-OH is 1. The van der Waals surface area contributed by atoms with Gasteiger partial charge < -0.3 is 28.8 Å². The summed E-state index contributed by atoms with van der Waals surface area (Å²) in [4.78, 5) is 25.3. The van der Waals surface area contributed by atoms with Gasteiger partial charge in [0.15, 0.2) is 0 Å². The molecule has 0 fully saturated rings. The molecule has 8 nitrogen and oxygen atoms in total. The van der Waals surface area contributed by atoms with Gasteiger partial charge in [-0.15, -0.1) is 0 Å². The van der Waals surface area contributed by atoms with Gasteiger partial charge in [-0.05, 0) is 19.3 Å². The maximum atomic E-state index is 12.9. The highest BCUT2D eigenvalue weighted by Gasteiger charge is 2.23. The minimum absolute atomic E-state index is 0.00193. The number of hydrogen-bond donors (Lipinski definition) is 2. The number of hydrogen-bond acceptors (Lipinski definition) is 6. The first kappa shape index (κ1) is 64.2. The molecule has 0 aromatic rings. The van der Waals surface area contributed by atoms with E-state index in [1.54, 1.807) is 6.08 Å². The van der Waals surface area contributed by atoms with Crippen LogP contribution in [0, 0.1) is 0 Å². The smallest absolute Gasteiger partial charge is 0.268 e. The second kappa shape index (κ2) is 48.3. The van der Waals surface area contributed by atoms with Gasteiger partial charge in [-0.3, -0.25) is 9.36 Å². The molecule has 3 atom stereocenters. The van der Waals surface area contributed by atoms with E-state index in [2.05, 4.69) is 19.2 Å². The van der Waals surface area contributed by atoms with Crippen molar-refractivity contribution >= 4 is 13.7 Å². The third kappa shape index (κ3) is 50.9. The van der Waals surface area contributed by atoms with Crippen LogP contribution in [0.1, 0.15) is 290 Å². The van der Waals surface area contributed by atoms with Crippen molar-refractivity contribution in [2.45, 2.75) is 302 Å². The van der Waals surface area contributed by atoms with Crippen molar-refractivity contribution < 1.29 is 32.9 Å². The van der Waals surface area contributed by atoms with Crippen molar-refractivity contribution in [2.75, 3.05) is 40.9 Å². The summed E-state index contributed by atoms with van der Waals surface area (Å²) in [6, 6.07) is -0.879. The highest BCUT2D eigenvalue weighted by Crippen LogP contribution is 2.38. The molecule has 0 aliphatic carbocycles. The van der Waals surface area contributed by atoms with Gasteiger partial charge in [0.05, 0.1) is 39.9 Å². The van der Waals surface area contributed by atoms with E-state index in [-0.39, 0.29) is 19.1 Å². The zero-order valence-corrected chi connectivity index (χ0v) is 45.1. The number of amides is 1. The number of phosphoric ester groups is 1. The summed E-state index contributed by atoms with van der Waals surface area (Å²) in [6.45, 7) is 4.65. The Hall–Kier alpha value is -0.760. The molecular formula is C56H113N2O6P. The summed E-state index contributed by atoms with van der Waals surface area (Å²) in [5.41, 5.74) is 0. The molecule has 0 saturated heterocycles. The Labute approximate surface area is 405 Å². The molecule has 1 amide bonds. The molecule has 0 radical (unpaired) electrons. The Bertz CT molecular complexity index is 1070. The second-order valence-corrected chi connectivity index (χ2v) is 22.4. The molecule has 3 unspecified atom stereocenters. The number of nitrogens with zero attached hydrogens (tertiary/aromatic N) is 1. The first-order valence-electron chi connectivity index (χ1n) is 28.6. The normalized spacial score (nSPS) is 14.0. The summed E-state index contributed by atoms with van der Waals surface area (Å²) in [7, 11) is 1.27. The quantitative estimate of drug-likeness (QED) is 0.0272. The lowest BCUT2D eigenvalue weighted by atomic mass is 10.0. The number of carbonyl (C=O) groups excluding carboxylic acids is 1. The van der Waals surface area contributed by atoms with Crippen molar-refractivity contribution in [3.63, 3.8) is 0 Å². The molecule has 0 bridgehead atoms. The summed E-state index contributed by atoms with van der Waals surface area (Å²) in [6.07, 6.45) is 59.0. The van der Waals surface area contributed by atoms with Gasteiger partial charge in [-0.25, -0.2) is 0 Å². The molecule has 9 heteroatoms. The average molecular weight is 942 g/mol. The van der Waals surface area contributed by atoms with Crippen molar-refractivity contribution in [3.8, 4) is 0 Å². The molecule has 0 aromatic heterocycles. The Balaban J connectivity index is 3.84. The van der Waals surface area contributed by atoms with Crippen LogP contribution in [-0.2, 0) is 18.4 Å². The van der Waals surface area contributed by atoms with E-state index in [9.17, 15) is 19.4 Å². The van der Waals surface area contributed by atoms with E-state index in [4.69, 9.17) is 9.05 Å². The molecule has 2 N–H and O–H groups in total. The zero-order valence-electron chi connectivity index (χ0n) is 44.2. The van der Waals surface area contributed by atoms with Crippen LogP contribution in [-0.4, -0.2) is 68.5 Å². The lowest BCUT2D eigenvalue weighted by Gasteiger charge is -2.29. The molecular weight excluding hydrogens is 828 g/mol. The Morgan fingerprint density at radius 3 is 1.15 bits per heavy atom. The molecule has 0 aliphatic rings. The number of allylic oxidation sites excluding steroid dienone is 1. The molecule has 0 saturated carbocycles. The van der Waals surface area contributed by atoms with E-state index in [0.717, 1.165) is 38.5 Å². The van der Waals surface area contributed by atoms with E-state index < -0.39 is 20.0 Å². The Morgan fingerprint density at radius 1 is 0.523 bits per heavy atom. The summed E-state index contributed by atoms with van der Waals surface area (Å²) in [5, 5.41) is 13.8. The monoisotopic (exact) mass is 941 g/mol. The number of unbranched alkanes of at least 4 members (excludes halogenated alkanes) is 40. The Morgan fingerprint density at radius 2 is 0.831 bits per heavy atom. The molecule has 0 heterocycles. The highest BCUT2D eigenvalue weighted by molar-refractivity contribution is 7.45. The maximum Gasteiger partial charge on any atom is 0.268 e. The number of carbonyl (C=O) groups is 1. The molecule has 0 rings (SSSR count). The van der Waals surface area contributed by atoms with Gasteiger partial charge in [0.1, 0.15) is 13.2 Å². The number of rotatable bonds is 53. The van der Waals surface area contributed by atoms with Crippen LogP contribution in [0.4, 0.5) is 0 Å². The fourth-order valence-corrected chi connectivity index (χ4v) is 9.47. The Kier molecular flexibility index (Phi) is 47.7. The summed E-state index contributed by atoms with van der Waals surface area (Å²) < 4.78 is 23.2. The third-order valence-corrected chi connectivity index (χ3v) is 14.2. The van der Waals surface area contributed by atoms with Crippen LogP contribution in [0.15, 0.2) is 12.2 Å². The highest BCUT2D eigenvalue weighted by atomic mass is 31.2. The van der Waals surface area contributed by atoms with Crippen molar-refractivity contribution in [2.24, 2.45) is 0 Å². The van der Waals surface area contributed by atoms with E-state index in [1.165, 1.54) is 231 Å². The second-order valence-electron chi connectivity index (χ2n) is 21.0. The SMILES string of the molecule is CCCCCCCCC/C=C/C(O)C(COP(=O)([O-])OCC[N+](C)(C)C)NC(=O)CCCCCCCCCCCCCCCCCCCCCCCCCCCCCCCCCCCC. The van der Waals surface area contributed by atoms with Crippen molar-refractivity contribution in [3.05, 3.63) is 12.2 Å². The minimum Gasteiger partial charge on any atom is -0.756 e. The van der Waals surface area contributed by atoms with Crippen molar-refractivity contribution in [1.82, 2.24) is 5.32 Å². The van der Waals surface area contributed by atoms with Gasteiger partial charge in [0.25, 0.3) is 7.82 Å². The standard InChI is InChI=1S/C56H113N2O6P/c1-6-8-10-12-14-16-17-18-19-20-21-22-23-24-25-26-27-28-29-30-31-32-33-34-35-36-37-38-39-40-42-44-46-48-50-56(60)57-54(53-64-65(61,62)63-52-51-58(3,4)5)55(59)49-47-45-43-41-15-13-11-9-7-2/h47,49,54-55,59H,6-46,48,50-53H2,1-5H3,(H-,57,60,61,62)/b49-47+. The lowest BCUT2D eigenvalue weighted by Crippen LogP contribution is -2.45. The third-order valence-electron chi connectivity index (χ3n) is 13.2. The lowest BCUT2D eigenvalue weighted by molar-refractivity contribution is -0.870. The fourth-order valence-electron chi connectivity index (χ4n) is 8.74. The van der Waals surface area contributed by atoms with Gasteiger partial charge in [-0.2, -0.15) is 0 Å². The number of quaternary nitrogens is 1. The first-order chi connectivity index (χ1) is 31.5. The van der Waals surface area contributed by atoms with Crippen LogP contribution < -0.4 is 10.2 Å². The topological polar surface area (TPSA) is 108 Å². The van der Waals surface area contributed by atoms with Gasteiger partial charge in [0.2, 0.25) is 5.91 Å². The molecule has 0 aliphatic heterocycles. The maximum absolute atomic E-state index is 12.9. The molecule has 0 spiro atoms. The summed E-state index contributed by atoms with van der Waals surface area (Å²) in [5.74, 6) is -0.194. The van der Waals surface area contributed by atoms with Gasteiger partial charge in [-0.1, -0.05) is 276 Å². The summed E-state index contributed by atoms with van der Waals surface area (Å²) >= 11 is 0. The first-order valence-corrected chi connectivity index (χ1v) is 30.0. The minimum atomic E-state index is -4.58. The van der Waals surface area contributed by atoms with Crippen LogP contribution in [0.3, 0.4) is 0 Å². The number of likely N-dealkylation sites (N-methyl/N-ethyl adjacent to an activating group) is 1. The average Bonchev–Trinajstić information content (AvgIpc) is 3.26. The predicted molar refractivity (Wildman–Crippen MR) is 279 cm³/mol. The number of phosphoric acid groups is 1. The van der Waals surface area contributed by atoms with E-state index in [0.29, 0.717) is 17.4 Å². The number of nitrogens with one attached hydrogen (secondary N) is 1. The fraction of sp³-hybridized carbons (Fsp3) is 0.946.